The van der Waals surface area contributed by atoms with Crippen molar-refractivity contribution < 1.29 is 18.8 Å². The second-order valence-electron chi connectivity index (χ2n) is 8.53. The number of hydrogen-bond acceptors (Lipinski definition) is 8. The van der Waals surface area contributed by atoms with Gasteiger partial charge >= 0.3 is 0 Å². The molecule has 2 atom stereocenters. The van der Waals surface area contributed by atoms with Gasteiger partial charge in [0.1, 0.15) is 23.6 Å². The number of carbonyl (C=O) groups is 1. The van der Waals surface area contributed by atoms with Crippen LogP contribution in [-0.4, -0.2) is 35.5 Å². The molecule has 0 fully saturated rings. The zero-order valence-electron chi connectivity index (χ0n) is 20.6. The normalized spacial score (nSPS) is 12.6. The molecule has 4 rings (SSSR count). The van der Waals surface area contributed by atoms with Crippen molar-refractivity contribution in [2.75, 3.05) is 5.32 Å². The van der Waals surface area contributed by atoms with E-state index >= 15 is 0 Å². The Morgan fingerprint density at radius 1 is 1.35 bits per heavy atom. The van der Waals surface area contributed by atoms with Crippen LogP contribution in [0.25, 0.3) is 0 Å². The highest BCUT2D eigenvalue weighted by molar-refractivity contribution is 6.04. The van der Waals surface area contributed by atoms with Crippen LogP contribution >= 0.6 is 0 Å². The van der Waals surface area contributed by atoms with E-state index in [9.17, 15) is 24.3 Å². The van der Waals surface area contributed by atoms with Crippen LogP contribution in [0.4, 0.5) is 10.1 Å². The van der Waals surface area contributed by atoms with Crippen LogP contribution in [-0.2, 0) is 13.6 Å². The van der Waals surface area contributed by atoms with Crippen LogP contribution in [0.15, 0.2) is 46.2 Å². The van der Waals surface area contributed by atoms with Crippen molar-refractivity contribution in [3.8, 4) is 11.8 Å². The minimum Gasteiger partial charge on any atom is -0.501 e. The summed E-state index contributed by atoms with van der Waals surface area (Å²) in [6.07, 6.45) is 4.27. The number of amides is 1. The van der Waals surface area contributed by atoms with Crippen LogP contribution in [0.1, 0.15) is 64.4 Å². The number of rotatable bonds is 7. The molecule has 0 aliphatic carbocycles. The fourth-order valence-electron chi connectivity index (χ4n) is 4.38. The lowest BCUT2D eigenvalue weighted by Crippen LogP contribution is -2.29. The predicted molar refractivity (Wildman–Crippen MR) is 130 cm³/mol. The Hall–Kier alpha value is -4.79. The van der Waals surface area contributed by atoms with Gasteiger partial charge < -0.3 is 14.9 Å². The number of nitriles is 1. The quantitative estimate of drug-likeness (QED) is 0.388. The van der Waals surface area contributed by atoms with E-state index < -0.39 is 40.6 Å². The number of nitrogens with one attached hydrogen (secondary N) is 1. The zero-order valence-corrected chi connectivity index (χ0v) is 20.6. The Morgan fingerprint density at radius 2 is 2.11 bits per heavy atom. The van der Waals surface area contributed by atoms with Gasteiger partial charge in [0.15, 0.2) is 5.69 Å². The van der Waals surface area contributed by atoms with Crippen molar-refractivity contribution in [2.24, 2.45) is 7.05 Å². The third kappa shape index (κ3) is 4.71. The van der Waals surface area contributed by atoms with Gasteiger partial charge in [-0.2, -0.15) is 10.4 Å². The van der Waals surface area contributed by atoms with E-state index in [-0.39, 0.29) is 17.1 Å². The average molecular weight is 506 g/mol. The van der Waals surface area contributed by atoms with Crippen LogP contribution in [0.3, 0.4) is 0 Å². The van der Waals surface area contributed by atoms with Crippen molar-refractivity contribution >= 4 is 11.6 Å². The number of nitrogens with zero attached hydrogens (tertiary/aromatic N) is 6. The Morgan fingerprint density at radius 3 is 2.73 bits per heavy atom. The first kappa shape index (κ1) is 25.3. The lowest BCUT2D eigenvalue weighted by molar-refractivity contribution is 0.101. The summed E-state index contributed by atoms with van der Waals surface area (Å²) < 4.78 is 21.6. The van der Waals surface area contributed by atoms with Gasteiger partial charge in [0.05, 0.1) is 23.5 Å². The number of hydrogen-bond donors (Lipinski definition) is 2. The minimum absolute atomic E-state index is 0.120. The number of anilines is 1. The maximum absolute atomic E-state index is 14.0. The highest BCUT2D eigenvalue weighted by atomic mass is 19.1. The van der Waals surface area contributed by atoms with Crippen LogP contribution in [0.5, 0.6) is 5.75 Å². The summed E-state index contributed by atoms with van der Waals surface area (Å²) in [6.45, 7) is 6.12. The number of aryl methyl sites for hydroxylation is 2. The Balaban J connectivity index is 1.90. The molecular weight excluding hydrogens is 481 g/mol. The standard InChI is InChI=1S/C25H24FN7O4/c1-5-33-11-19(14(3)31-33)20(18-7-6-16(26)8-15(18)9-27)13(2)23-30-21(22(34)25(36)32(23)4)24(35)29-17-10-28-37-12-17/h6-8,10-13,20,34H,5H2,1-4H3,(H,29,35). The molecule has 0 radical (unpaired) electrons. The fraction of sp³-hybridized carbons (Fsp3) is 0.280. The molecule has 0 aliphatic rings. The summed E-state index contributed by atoms with van der Waals surface area (Å²) in [5.41, 5.74) is 0.961. The van der Waals surface area contributed by atoms with E-state index in [0.29, 0.717) is 17.8 Å². The second-order valence-corrected chi connectivity index (χ2v) is 8.53. The minimum atomic E-state index is -0.835. The molecule has 3 heterocycles. The largest absolute Gasteiger partial charge is 0.501 e. The summed E-state index contributed by atoms with van der Waals surface area (Å²) in [5, 5.41) is 30.7. The number of halogens is 1. The van der Waals surface area contributed by atoms with Gasteiger partial charge in [-0.05, 0) is 31.5 Å². The van der Waals surface area contributed by atoms with E-state index in [1.165, 1.54) is 31.6 Å². The third-order valence-corrected chi connectivity index (χ3v) is 6.23. The molecule has 0 aliphatic heterocycles. The predicted octanol–water partition coefficient (Wildman–Crippen LogP) is 3.20. The van der Waals surface area contributed by atoms with Crippen LogP contribution in [0.2, 0.25) is 0 Å². The summed E-state index contributed by atoms with van der Waals surface area (Å²) in [6, 6.07) is 5.98. The zero-order chi connectivity index (χ0) is 26.9. The monoisotopic (exact) mass is 505 g/mol. The van der Waals surface area contributed by atoms with Gasteiger partial charge in [0.2, 0.25) is 5.75 Å². The first-order valence-electron chi connectivity index (χ1n) is 11.4. The van der Waals surface area contributed by atoms with Crippen molar-refractivity contribution in [3.63, 3.8) is 0 Å². The third-order valence-electron chi connectivity index (χ3n) is 6.23. The molecule has 0 spiro atoms. The van der Waals surface area contributed by atoms with E-state index in [0.717, 1.165) is 16.2 Å². The molecular formula is C25H24FN7O4. The highest BCUT2D eigenvalue weighted by Crippen LogP contribution is 2.40. The first-order valence-corrected chi connectivity index (χ1v) is 11.4. The summed E-state index contributed by atoms with van der Waals surface area (Å²) in [7, 11) is 1.43. The Labute approximate surface area is 210 Å². The molecule has 0 saturated heterocycles. The highest BCUT2D eigenvalue weighted by Gasteiger charge is 2.32. The number of aromatic nitrogens is 5. The summed E-state index contributed by atoms with van der Waals surface area (Å²) in [4.78, 5) is 30.2. The van der Waals surface area contributed by atoms with Gasteiger partial charge in [-0.1, -0.05) is 18.1 Å². The molecule has 1 amide bonds. The van der Waals surface area contributed by atoms with Crippen LogP contribution in [0, 0.1) is 24.1 Å². The maximum Gasteiger partial charge on any atom is 0.296 e. The Bertz CT molecular complexity index is 1570. The van der Waals surface area contributed by atoms with Crippen molar-refractivity contribution in [1.29, 1.82) is 5.26 Å². The van der Waals surface area contributed by atoms with Crippen LogP contribution < -0.4 is 10.9 Å². The average Bonchev–Trinajstić information content (AvgIpc) is 3.53. The van der Waals surface area contributed by atoms with Crippen molar-refractivity contribution in [3.05, 3.63) is 86.9 Å². The molecule has 12 heteroatoms. The molecule has 1 aromatic carbocycles. The SMILES string of the molecule is CCn1cc(C(c2ccc(F)cc2C#N)C(C)c2nc(C(=O)Nc3cnoc3)c(O)c(=O)n2C)c(C)n1. The maximum atomic E-state index is 14.0. The molecule has 37 heavy (non-hydrogen) atoms. The number of aromatic hydroxyl groups is 1. The molecule has 190 valence electrons. The van der Waals surface area contributed by atoms with Gasteiger partial charge in [0, 0.05) is 37.2 Å². The molecule has 2 N–H and O–H groups in total. The topological polar surface area (TPSA) is 152 Å². The van der Waals surface area contributed by atoms with Crippen molar-refractivity contribution in [1.82, 2.24) is 24.5 Å². The van der Waals surface area contributed by atoms with Crippen molar-refractivity contribution in [2.45, 2.75) is 39.2 Å². The smallest absolute Gasteiger partial charge is 0.296 e. The summed E-state index contributed by atoms with van der Waals surface area (Å²) in [5.74, 6) is -3.26. The first-order chi connectivity index (χ1) is 17.7. The lowest BCUT2D eigenvalue weighted by Gasteiger charge is -2.26. The van der Waals surface area contributed by atoms with Gasteiger partial charge in [-0.3, -0.25) is 18.8 Å². The van der Waals surface area contributed by atoms with E-state index in [4.69, 9.17) is 4.52 Å². The Kier molecular flexibility index (Phi) is 6.88. The molecule has 11 nitrogen and oxygen atoms in total. The van der Waals surface area contributed by atoms with E-state index in [2.05, 4.69) is 20.6 Å². The molecule has 0 saturated carbocycles. The van der Waals surface area contributed by atoms with Gasteiger partial charge in [0.25, 0.3) is 11.5 Å². The fourth-order valence-corrected chi connectivity index (χ4v) is 4.38. The molecule has 4 aromatic rings. The molecule has 0 bridgehead atoms. The summed E-state index contributed by atoms with van der Waals surface area (Å²) >= 11 is 0. The van der Waals surface area contributed by atoms with Gasteiger partial charge in [-0.15, -0.1) is 0 Å². The second kappa shape index (κ2) is 10.1. The van der Waals surface area contributed by atoms with E-state index in [1.807, 2.05) is 26.1 Å². The number of carbonyl (C=O) groups excluding carboxylic acids is 1. The number of benzene rings is 1. The molecule has 2 unspecified atom stereocenters. The van der Waals surface area contributed by atoms with Gasteiger partial charge in [-0.25, -0.2) is 9.37 Å². The van der Waals surface area contributed by atoms with E-state index in [1.54, 1.807) is 11.6 Å². The molecule has 3 aromatic heterocycles. The lowest BCUT2D eigenvalue weighted by atomic mass is 9.79.